The molecule has 2 nitrogen and oxygen atoms in total. The summed E-state index contributed by atoms with van der Waals surface area (Å²) in [4.78, 5) is 0. The molecule has 5 heteroatoms. The molecule has 0 radical (unpaired) electrons. The molecule has 0 aliphatic rings. The molecule has 0 saturated heterocycles. The van der Waals surface area contributed by atoms with E-state index in [-0.39, 0.29) is 34.0 Å². The fourth-order valence-corrected chi connectivity index (χ4v) is 5.75. The Bertz CT molecular complexity index is 345. The molecule has 0 unspecified atom stereocenters. The Labute approximate surface area is 236 Å². The molecule has 204 valence electrons. The van der Waals surface area contributed by atoms with E-state index in [0.717, 1.165) is 0 Å². The van der Waals surface area contributed by atoms with Crippen molar-refractivity contribution in [2.75, 3.05) is 65.9 Å². The van der Waals surface area contributed by atoms with Crippen LogP contribution in [0.4, 0.5) is 0 Å². The van der Waals surface area contributed by atoms with Crippen LogP contribution in [-0.2, 0) is 0 Å². The van der Waals surface area contributed by atoms with Crippen molar-refractivity contribution in [1.29, 1.82) is 0 Å². The van der Waals surface area contributed by atoms with Crippen molar-refractivity contribution in [3.05, 3.63) is 0 Å². The Hall–Kier alpha value is 1.23. The van der Waals surface area contributed by atoms with Gasteiger partial charge in [0.1, 0.15) is 0 Å². The Morgan fingerprint density at radius 2 is 0.667 bits per heavy atom. The van der Waals surface area contributed by atoms with Gasteiger partial charge in [-0.1, -0.05) is 90.9 Å². The van der Waals surface area contributed by atoms with Crippen LogP contribution < -0.4 is 34.0 Å². The second-order valence-electron chi connectivity index (χ2n) is 11.3. The molecule has 0 atom stereocenters. The first-order valence-corrected chi connectivity index (χ1v) is 15.2. The summed E-state index contributed by atoms with van der Waals surface area (Å²) in [7, 11) is 9.74. The van der Waals surface area contributed by atoms with Crippen molar-refractivity contribution < 1.29 is 42.9 Å². The van der Waals surface area contributed by atoms with Crippen molar-refractivity contribution in [1.82, 2.24) is 0 Å². The van der Waals surface area contributed by atoms with Crippen LogP contribution in [0.15, 0.2) is 0 Å². The highest BCUT2D eigenvalue weighted by atomic mass is 79.9. The van der Waals surface area contributed by atoms with Crippen molar-refractivity contribution in [3.8, 4) is 0 Å². The topological polar surface area (TPSA) is 0 Å². The number of thioether (sulfide) groups is 1. The standard InChI is InChI=1S/C28H62N2S.2BrH/c1-7-9-11-13-15-17-19-21-23-29(3,4)25-27-31-28-26-30(5,6)24-22-20-18-16-14-12-10-8-2;;/h7-28H2,1-6H3;2*1H/q+2;;/p-2. The highest BCUT2D eigenvalue weighted by molar-refractivity contribution is 7.99. The van der Waals surface area contributed by atoms with E-state index in [0.29, 0.717) is 0 Å². The van der Waals surface area contributed by atoms with Gasteiger partial charge in [-0.15, -0.1) is 0 Å². The number of unbranched alkanes of at least 4 members (excludes halogenated alkanes) is 14. The SMILES string of the molecule is CCCCCCCCCC[N+](C)(C)CCSCC[N+](C)(C)CCCCCCCCCC.[Br-].[Br-]. The Morgan fingerprint density at radius 1 is 0.394 bits per heavy atom. The van der Waals surface area contributed by atoms with E-state index in [4.69, 9.17) is 0 Å². The first-order chi connectivity index (χ1) is 14.8. The second kappa shape index (κ2) is 26.3. The lowest BCUT2D eigenvalue weighted by Crippen LogP contribution is -3.00. The Balaban J connectivity index is -0.00000450. The van der Waals surface area contributed by atoms with E-state index >= 15 is 0 Å². The van der Waals surface area contributed by atoms with Gasteiger partial charge in [0, 0.05) is 11.5 Å². The van der Waals surface area contributed by atoms with Crippen LogP contribution in [-0.4, -0.2) is 74.8 Å². The molecule has 0 aromatic heterocycles. The van der Waals surface area contributed by atoms with Crippen LogP contribution >= 0.6 is 11.8 Å². The number of hydrogen-bond acceptors (Lipinski definition) is 1. The minimum Gasteiger partial charge on any atom is -1.00 e. The number of rotatable bonds is 24. The average Bonchev–Trinajstić information content (AvgIpc) is 2.71. The first kappa shape index (κ1) is 38.8. The average molecular weight is 619 g/mol. The molecule has 0 bridgehead atoms. The van der Waals surface area contributed by atoms with Crippen LogP contribution in [0.3, 0.4) is 0 Å². The molecule has 0 spiro atoms. The summed E-state index contributed by atoms with van der Waals surface area (Å²) in [6.45, 7) is 9.97. The van der Waals surface area contributed by atoms with Gasteiger partial charge in [-0.3, -0.25) is 0 Å². The van der Waals surface area contributed by atoms with E-state index < -0.39 is 0 Å². The van der Waals surface area contributed by atoms with Crippen LogP contribution in [0, 0.1) is 0 Å². The van der Waals surface area contributed by atoms with E-state index in [1.165, 1.54) is 149 Å². The molecule has 0 amide bonds. The van der Waals surface area contributed by atoms with Crippen LogP contribution in [0.2, 0.25) is 0 Å². The Morgan fingerprint density at radius 3 is 0.970 bits per heavy atom. The third kappa shape index (κ3) is 29.4. The monoisotopic (exact) mass is 616 g/mol. The maximum absolute atomic E-state index is 2.43. The zero-order valence-corrected chi connectivity index (χ0v) is 27.6. The van der Waals surface area contributed by atoms with Crippen molar-refractivity contribution in [3.63, 3.8) is 0 Å². The fraction of sp³-hybridized carbons (Fsp3) is 1.00. The maximum atomic E-state index is 2.43. The van der Waals surface area contributed by atoms with E-state index in [2.05, 4.69) is 53.8 Å². The number of hydrogen-bond donors (Lipinski definition) is 0. The second-order valence-corrected chi connectivity index (χ2v) is 12.6. The van der Waals surface area contributed by atoms with Gasteiger partial charge in [-0.25, -0.2) is 0 Å². The summed E-state index contributed by atoms with van der Waals surface area (Å²) in [5.74, 6) is 2.64. The predicted octanol–water partition coefficient (Wildman–Crippen LogP) is 2.16. The maximum Gasteiger partial charge on any atom is 0.0874 e. The molecule has 0 heterocycles. The summed E-state index contributed by atoms with van der Waals surface area (Å²) in [6.07, 6.45) is 22.9. The van der Waals surface area contributed by atoms with Crippen molar-refractivity contribution in [2.45, 2.75) is 117 Å². The minimum atomic E-state index is 0. The van der Waals surface area contributed by atoms with Gasteiger partial charge in [-0.05, 0) is 25.7 Å². The van der Waals surface area contributed by atoms with Gasteiger partial charge in [0.05, 0.1) is 54.4 Å². The zero-order chi connectivity index (χ0) is 23.3. The molecule has 0 aromatic rings. The molecule has 0 N–H and O–H groups in total. The zero-order valence-electron chi connectivity index (χ0n) is 23.6. The van der Waals surface area contributed by atoms with E-state index in [1.54, 1.807) is 0 Å². The summed E-state index contributed by atoms with van der Waals surface area (Å²) in [6, 6.07) is 0. The number of quaternary nitrogens is 2. The molecule has 33 heavy (non-hydrogen) atoms. The first-order valence-electron chi connectivity index (χ1n) is 14.0. The third-order valence-electron chi connectivity index (χ3n) is 6.92. The number of nitrogens with zero attached hydrogens (tertiary/aromatic N) is 2. The highest BCUT2D eigenvalue weighted by Crippen LogP contribution is 2.13. The lowest BCUT2D eigenvalue weighted by molar-refractivity contribution is -0.888. The highest BCUT2D eigenvalue weighted by Gasteiger charge is 2.16. The molecular formula is C28H62Br2N2S. The van der Waals surface area contributed by atoms with Gasteiger partial charge in [0.15, 0.2) is 0 Å². The molecule has 0 aliphatic carbocycles. The quantitative estimate of drug-likeness (QED) is 0.118. The van der Waals surface area contributed by atoms with Gasteiger partial charge in [0.25, 0.3) is 0 Å². The smallest absolute Gasteiger partial charge is 0.0874 e. The summed E-state index contributed by atoms with van der Waals surface area (Å²) in [5.41, 5.74) is 0. The van der Waals surface area contributed by atoms with Crippen LogP contribution in [0.5, 0.6) is 0 Å². The van der Waals surface area contributed by atoms with Crippen molar-refractivity contribution >= 4 is 11.8 Å². The van der Waals surface area contributed by atoms with Crippen molar-refractivity contribution in [2.24, 2.45) is 0 Å². The lowest BCUT2D eigenvalue weighted by Gasteiger charge is -2.31. The molecule has 0 saturated carbocycles. The summed E-state index contributed by atoms with van der Waals surface area (Å²) in [5, 5.41) is 0. The number of halogens is 2. The largest absolute Gasteiger partial charge is 1.00 e. The fourth-order valence-electron chi connectivity index (χ4n) is 4.30. The Kier molecular flexibility index (Phi) is 30.9. The molecular weight excluding hydrogens is 556 g/mol. The lowest BCUT2D eigenvalue weighted by atomic mass is 10.1. The third-order valence-corrected chi connectivity index (χ3v) is 7.86. The van der Waals surface area contributed by atoms with Gasteiger partial charge >= 0.3 is 0 Å². The normalized spacial score (nSPS) is 11.8. The van der Waals surface area contributed by atoms with E-state index in [9.17, 15) is 0 Å². The molecule has 0 aromatic carbocycles. The van der Waals surface area contributed by atoms with Crippen LogP contribution in [0.25, 0.3) is 0 Å². The molecule has 0 aliphatic heterocycles. The summed E-state index contributed by atoms with van der Waals surface area (Å²) < 4.78 is 2.42. The molecule has 0 rings (SSSR count). The molecule has 0 fully saturated rings. The van der Waals surface area contributed by atoms with Crippen LogP contribution in [0.1, 0.15) is 117 Å². The van der Waals surface area contributed by atoms with E-state index in [1.807, 2.05) is 0 Å². The van der Waals surface area contributed by atoms with Gasteiger partial charge in [0.2, 0.25) is 0 Å². The van der Waals surface area contributed by atoms with Gasteiger partial charge < -0.3 is 42.9 Å². The predicted molar refractivity (Wildman–Crippen MR) is 146 cm³/mol. The minimum absolute atomic E-state index is 0. The summed E-state index contributed by atoms with van der Waals surface area (Å²) >= 11 is 2.19. The van der Waals surface area contributed by atoms with Gasteiger partial charge in [-0.2, -0.15) is 11.8 Å².